The molecule has 2 fully saturated rings. The lowest BCUT2D eigenvalue weighted by Gasteiger charge is -2.26. The first-order chi connectivity index (χ1) is 8.65. The molecule has 104 valence electrons. The summed E-state index contributed by atoms with van der Waals surface area (Å²) in [6.07, 6.45) is 9.97. The molecular formula is C15H27NO2. The largest absolute Gasteiger partial charge is 0.444 e. The monoisotopic (exact) mass is 253 g/mol. The molecular weight excluding hydrogens is 226 g/mol. The Kier molecular flexibility index (Phi) is 4.90. The Hall–Kier alpha value is -0.730. The van der Waals surface area contributed by atoms with Crippen molar-refractivity contribution in [3.63, 3.8) is 0 Å². The second-order valence-electron chi connectivity index (χ2n) is 6.41. The number of cyclic esters (lactones) is 1. The van der Waals surface area contributed by atoms with Crippen molar-refractivity contribution in [3.8, 4) is 0 Å². The predicted octanol–water partition coefficient (Wildman–Crippen LogP) is 3.87. The lowest BCUT2D eigenvalue weighted by atomic mass is 9.83. The van der Waals surface area contributed by atoms with Gasteiger partial charge in [-0.25, -0.2) is 4.79 Å². The molecule has 1 aliphatic carbocycles. The highest BCUT2D eigenvalue weighted by molar-refractivity contribution is 5.70. The number of nitrogens with one attached hydrogen (secondary N) is 1. The van der Waals surface area contributed by atoms with Gasteiger partial charge in [0.2, 0.25) is 0 Å². The number of hydrogen-bond donors (Lipinski definition) is 1. The van der Waals surface area contributed by atoms with Crippen LogP contribution < -0.4 is 5.32 Å². The van der Waals surface area contributed by atoms with Crippen molar-refractivity contribution in [2.75, 3.05) is 0 Å². The minimum absolute atomic E-state index is 0.113. The number of ether oxygens (including phenoxy) is 1. The summed E-state index contributed by atoms with van der Waals surface area (Å²) in [7, 11) is 0. The fourth-order valence-corrected chi connectivity index (χ4v) is 3.25. The molecule has 1 heterocycles. The van der Waals surface area contributed by atoms with Crippen molar-refractivity contribution in [1.82, 2.24) is 5.32 Å². The Bertz CT molecular complexity index is 272. The lowest BCUT2D eigenvalue weighted by molar-refractivity contribution is 0.116. The first kappa shape index (κ1) is 13.7. The summed E-state index contributed by atoms with van der Waals surface area (Å²) in [4.78, 5) is 11.4. The zero-order valence-electron chi connectivity index (χ0n) is 11.8. The molecule has 2 rings (SSSR count). The van der Waals surface area contributed by atoms with Crippen molar-refractivity contribution in [2.45, 2.75) is 77.4 Å². The average Bonchev–Trinajstić information content (AvgIpc) is 2.68. The summed E-state index contributed by atoms with van der Waals surface area (Å²) >= 11 is 0. The SMILES string of the molecule is CC(C)CC[C@@H]1OC(=O)N[C@H]1CC1CCCCC1. The van der Waals surface area contributed by atoms with Crippen LogP contribution in [0.15, 0.2) is 0 Å². The highest BCUT2D eigenvalue weighted by atomic mass is 16.6. The highest BCUT2D eigenvalue weighted by Crippen LogP contribution is 2.30. The van der Waals surface area contributed by atoms with Crippen molar-refractivity contribution in [1.29, 1.82) is 0 Å². The summed E-state index contributed by atoms with van der Waals surface area (Å²) in [5, 5.41) is 3.01. The maximum atomic E-state index is 11.4. The number of carbonyl (C=O) groups is 1. The van der Waals surface area contributed by atoms with Crippen LogP contribution in [0.4, 0.5) is 4.79 Å². The summed E-state index contributed by atoms with van der Waals surface area (Å²) in [6.45, 7) is 4.45. The molecule has 0 unspecified atom stereocenters. The van der Waals surface area contributed by atoms with Crippen molar-refractivity contribution in [3.05, 3.63) is 0 Å². The molecule has 1 N–H and O–H groups in total. The fraction of sp³-hybridized carbons (Fsp3) is 0.933. The van der Waals surface area contributed by atoms with E-state index >= 15 is 0 Å². The molecule has 0 spiro atoms. The maximum Gasteiger partial charge on any atom is 0.407 e. The molecule has 1 aliphatic heterocycles. The summed E-state index contributed by atoms with van der Waals surface area (Å²) in [5.74, 6) is 1.48. The van der Waals surface area contributed by atoms with Gasteiger partial charge in [0.05, 0.1) is 6.04 Å². The minimum atomic E-state index is -0.204. The van der Waals surface area contributed by atoms with Crippen LogP contribution in [0.1, 0.15) is 65.2 Å². The van der Waals surface area contributed by atoms with Gasteiger partial charge in [-0.3, -0.25) is 0 Å². The molecule has 0 aromatic rings. The summed E-state index contributed by atoms with van der Waals surface area (Å²) < 4.78 is 5.42. The minimum Gasteiger partial charge on any atom is -0.444 e. The van der Waals surface area contributed by atoms with E-state index < -0.39 is 0 Å². The van der Waals surface area contributed by atoms with Crippen LogP contribution in [-0.4, -0.2) is 18.2 Å². The molecule has 1 saturated heterocycles. The molecule has 0 aromatic heterocycles. The zero-order chi connectivity index (χ0) is 13.0. The number of carbonyl (C=O) groups excluding carboxylic acids is 1. The van der Waals surface area contributed by atoms with Gasteiger partial charge in [0, 0.05) is 0 Å². The maximum absolute atomic E-state index is 11.4. The number of rotatable bonds is 5. The second kappa shape index (κ2) is 6.44. The van der Waals surface area contributed by atoms with Crippen LogP contribution in [0.3, 0.4) is 0 Å². The van der Waals surface area contributed by atoms with E-state index in [0.717, 1.165) is 25.2 Å². The lowest BCUT2D eigenvalue weighted by Crippen LogP contribution is -2.34. The van der Waals surface area contributed by atoms with Crippen LogP contribution in [0.25, 0.3) is 0 Å². The first-order valence-corrected chi connectivity index (χ1v) is 7.62. The van der Waals surface area contributed by atoms with E-state index in [4.69, 9.17) is 4.74 Å². The molecule has 2 aliphatic rings. The first-order valence-electron chi connectivity index (χ1n) is 7.62. The molecule has 3 heteroatoms. The molecule has 0 radical (unpaired) electrons. The van der Waals surface area contributed by atoms with Crippen LogP contribution in [0.5, 0.6) is 0 Å². The summed E-state index contributed by atoms with van der Waals surface area (Å²) in [6, 6.07) is 0.263. The number of hydrogen-bond acceptors (Lipinski definition) is 2. The standard InChI is InChI=1S/C15H27NO2/c1-11(2)8-9-14-13(16-15(17)18-14)10-12-6-4-3-5-7-12/h11-14H,3-10H2,1-2H3,(H,16,17)/t13-,14-/m0/s1. The van der Waals surface area contributed by atoms with Gasteiger partial charge in [0.15, 0.2) is 0 Å². The smallest absolute Gasteiger partial charge is 0.407 e. The van der Waals surface area contributed by atoms with E-state index in [9.17, 15) is 4.79 Å². The Morgan fingerprint density at radius 2 is 2.00 bits per heavy atom. The number of alkyl carbamates (subject to hydrolysis) is 1. The quantitative estimate of drug-likeness (QED) is 0.807. The molecule has 1 saturated carbocycles. The molecule has 18 heavy (non-hydrogen) atoms. The van der Waals surface area contributed by atoms with Crippen LogP contribution >= 0.6 is 0 Å². The molecule has 2 atom stereocenters. The van der Waals surface area contributed by atoms with Crippen molar-refractivity contribution >= 4 is 6.09 Å². The average molecular weight is 253 g/mol. The van der Waals surface area contributed by atoms with Crippen LogP contribution in [0.2, 0.25) is 0 Å². The molecule has 0 aromatic carbocycles. The van der Waals surface area contributed by atoms with Gasteiger partial charge < -0.3 is 10.1 Å². The molecule has 0 bridgehead atoms. The number of amides is 1. The third kappa shape index (κ3) is 3.89. The normalized spacial score (nSPS) is 29.4. The topological polar surface area (TPSA) is 38.3 Å². The molecule has 1 amide bonds. The van der Waals surface area contributed by atoms with E-state index in [0.29, 0.717) is 5.92 Å². The zero-order valence-corrected chi connectivity index (χ0v) is 11.8. The van der Waals surface area contributed by atoms with E-state index in [2.05, 4.69) is 19.2 Å². The summed E-state index contributed by atoms with van der Waals surface area (Å²) in [5.41, 5.74) is 0. The van der Waals surface area contributed by atoms with Crippen molar-refractivity contribution < 1.29 is 9.53 Å². The van der Waals surface area contributed by atoms with Crippen LogP contribution in [0, 0.1) is 11.8 Å². The predicted molar refractivity (Wildman–Crippen MR) is 72.5 cm³/mol. The second-order valence-corrected chi connectivity index (χ2v) is 6.41. The Morgan fingerprint density at radius 1 is 1.28 bits per heavy atom. The van der Waals surface area contributed by atoms with Gasteiger partial charge in [0.25, 0.3) is 0 Å². The highest BCUT2D eigenvalue weighted by Gasteiger charge is 2.35. The van der Waals surface area contributed by atoms with Gasteiger partial charge in [0.1, 0.15) is 6.10 Å². The van der Waals surface area contributed by atoms with E-state index in [-0.39, 0.29) is 18.2 Å². The van der Waals surface area contributed by atoms with Gasteiger partial charge in [-0.1, -0.05) is 46.0 Å². The van der Waals surface area contributed by atoms with Gasteiger partial charge in [-0.2, -0.15) is 0 Å². The van der Waals surface area contributed by atoms with E-state index in [1.165, 1.54) is 32.1 Å². The van der Waals surface area contributed by atoms with Gasteiger partial charge in [-0.15, -0.1) is 0 Å². The van der Waals surface area contributed by atoms with Crippen molar-refractivity contribution in [2.24, 2.45) is 11.8 Å². The third-order valence-corrected chi connectivity index (χ3v) is 4.35. The van der Waals surface area contributed by atoms with Gasteiger partial charge >= 0.3 is 6.09 Å². The van der Waals surface area contributed by atoms with E-state index in [1.54, 1.807) is 0 Å². The van der Waals surface area contributed by atoms with E-state index in [1.807, 2.05) is 0 Å². The van der Waals surface area contributed by atoms with Gasteiger partial charge in [-0.05, 0) is 31.1 Å². The Labute approximate surface area is 111 Å². The fourth-order valence-electron chi connectivity index (χ4n) is 3.25. The Balaban J connectivity index is 1.82. The molecule has 3 nitrogen and oxygen atoms in total. The third-order valence-electron chi connectivity index (χ3n) is 4.35. The van der Waals surface area contributed by atoms with Crippen LogP contribution in [-0.2, 0) is 4.74 Å². The Morgan fingerprint density at radius 3 is 2.67 bits per heavy atom.